The minimum absolute atomic E-state index is 0.108. The second-order valence-corrected chi connectivity index (χ2v) is 4.91. The van der Waals surface area contributed by atoms with Crippen molar-refractivity contribution in [3.05, 3.63) is 40.4 Å². The molecule has 1 heterocycles. The Morgan fingerprint density at radius 3 is 2.55 bits per heavy atom. The smallest absolute Gasteiger partial charge is 0.247 e. The van der Waals surface area contributed by atoms with Gasteiger partial charge in [-0.05, 0) is 30.2 Å². The van der Waals surface area contributed by atoms with Crippen molar-refractivity contribution in [2.45, 2.75) is 6.92 Å². The zero-order valence-corrected chi connectivity index (χ0v) is 11.6. The van der Waals surface area contributed by atoms with Crippen molar-refractivity contribution in [2.24, 2.45) is 0 Å². The first-order chi connectivity index (χ1) is 9.45. The predicted octanol–water partition coefficient (Wildman–Crippen LogP) is 1.15. The summed E-state index contributed by atoms with van der Waals surface area (Å²) in [6.45, 7) is 1.67. The highest BCUT2D eigenvalue weighted by Crippen LogP contribution is 2.17. The number of hydrogen-bond acceptors (Lipinski definition) is 3. The standard InChI is InChI=1S/C14H13ClN2O3/c1-9-2-3-10(6-11(9)15)4-5-14(20)17-7-12(18)16-13(19)8-17/h2-6H,7-8H2,1H3,(H,16,18,19). The molecule has 2 rings (SSSR count). The summed E-state index contributed by atoms with van der Waals surface area (Å²) in [6, 6.07) is 5.43. The number of imide groups is 1. The molecule has 1 aromatic carbocycles. The monoisotopic (exact) mass is 292 g/mol. The van der Waals surface area contributed by atoms with Crippen LogP contribution in [-0.4, -0.2) is 35.7 Å². The Balaban J connectivity index is 2.06. The van der Waals surface area contributed by atoms with E-state index in [0.717, 1.165) is 11.1 Å². The molecule has 0 spiro atoms. The van der Waals surface area contributed by atoms with E-state index in [1.807, 2.05) is 19.1 Å². The lowest BCUT2D eigenvalue weighted by molar-refractivity contribution is -0.143. The van der Waals surface area contributed by atoms with Gasteiger partial charge in [-0.3, -0.25) is 19.7 Å². The Morgan fingerprint density at radius 1 is 1.30 bits per heavy atom. The zero-order valence-electron chi connectivity index (χ0n) is 10.9. The summed E-state index contributed by atoms with van der Waals surface area (Å²) in [5.41, 5.74) is 1.73. The third-order valence-corrected chi connectivity index (χ3v) is 3.28. The number of aryl methyl sites for hydroxylation is 1. The molecule has 1 aromatic rings. The molecule has 1 fully saturated rings. The van der Waals surface area contributed by atoms with Crippen LogP contribution in [0.5, 0.6) is 0 Å². The van der Waals surface area contributed by atoms with E-state index in [-0.39, 0.29) is 19.0 Å². The van der Waals surface area contributed by atoms with Crippen molar-refractivity contribution < 1.29 is 14.4 Å². The van der Waals surface area contributed by atoms with Gasteiger partial charge in [-0.1, -0.05) is 23.7 Å². The van der Waals surface area contributed by atoms with E-state index >= 15 is 0 Å². The Labute approximate surface area is 121 Å². The molecule has 1 saturated heterocycles. The molecule has 1 N–H and O–H groups in total. The highest BCUT2D eigenvalue weighted by Gasteiger charge is 2.24. The van der Waals surface area contributed by atoms with Crippen LogP contribution in [-0.2, 0) is 14.4 Å². The van der Waals surface area contributed by atoms with Crippen molar-refractivity contribution in [1.29, 1.82) is 0 Å². The molecule has 1 aliphatic rings. The quantitative estimate of drug-likeness (QED) is 0.657. The molecule has 1 aliphatic heterocycles. The molecular weight excluding hydrogens is 280 g/mol. The molecule has 104 valence electrons. The molecule has 0 aliphatic carbocycles. The normalized spacial score (nSPS) is 15.6. The molecule has 0 saturated carbocycles. The molecular formula is C14H13ClN2O3. The van der Waals surface area contributed by atoms with Gasteiger partial charge in [-0.25, -0.2) is 0 Å². The topological polar surface area (TPSA) is 66.5 Å². The number of hydrogen-bond donors (Lipinski definition) is 1. The van der Waals surface area contributed by atoms with Crippen molar-refractivity contribution in [3.63, 3.8) is 0 Å². The highest BCUT2D eigenvalue weighted by atomic mass is 35.5. The van der Waals surface area contributed by atoms with Gasteiger partial charge >= 0.3 is 0 Å². The summed E-state index contributed by atoms with van der Waals surface area (Å²) in [5.74, 6) is -1.33. The number of nitrogens with one attached hydrogen (secondary N) is 1. The second kappa shape index (κ2) is 5.88. The summed E-state index contributed by atoms with van der Waals surface area (Å²) >= 11 is 5.99. The first-order valence-electron chi connectivity index (χ1n) is 6.01. The molecule has 5 nitrogen and oxygen atoms in total. The summed E-state index contributed by atoms with van der Waals surface area (Å²) in [6.07, 6.45) is 2.93. The molecule has 0 atom stereocenters. The SMILES string of the molecule is Cc1ccc(C=CC(=O)N2CC(=O)NC(=O)C2)cc1Cl. The van der Waals surface area contributed by atoms with Crippen LogP contribution in [0.4, 0.5) is 0 Å². The first-order valence-corrected chi connectivity index (χ1v) is 6.39. The molecule has 20 heavy (non-hydrogen) atoms. The third-order valence-electron chi connectivity index (χ3n) is 2.87. The second-order valence-electron chi connectivity index (χ2n) is 4.51. The number of carbonyl (C=O) groups is 3. The number of amides is 3. The minimum Gasteiger partial charge on any atom is -0.321 e. The van der Waals surface area contributed by atoms with Crippen LogP contribution in [0.1, 0.15) is 11.1 Å². The van der Waals surface area contributed by atoms with Gasteiger partial charge in [-0.2, -0.15) is 0 Å². The lowest BCUT2D eigenvalue weighted by atomic mass is 10.1. The Hall–Kier alpha value is -2.14. The number of halogens is 1. The van der Waals surface area contributed by atoms with Gasteiger partial charge in [-0.15, -0.1) is 0 Å². The van der Waals surface area contributed by atoms with Gasteiger partial charge in [0.25, 0.3) is 0 Å². The third kappa shape index (κ3) is 3.45. The fourth-order valence-electron chi connectivity index (χ4n) is 1.78. The average molecular weight is 293 g/mol. The average Bonchev–Trinajstić information content (AvgIpc) is 2.38. The summed E-state index contributed by atoms with van der Waals surface area (Å²) in [7, 11) is 0. The summed E-state index contributed by atoms with van der Waals surface area (Å²) in [5, 5.41) is 2.76. The first kappa shape index (κ1) is 14.3. The number of carbonyl (C=O) groups excluding carboxylic acids is 3. The van der Waals surface area contributed by atoms with Crippen LogP contribution < -0.4 is 5.32 Å². The molecule has 0 radical (unpaired) electrons. The highest BCUT2D eigenvalue weighted by molar-refractivity contribution is 6.31. The fraction of sp³-hybridized carbons (Fsp3) is 0.214. The van der Waals surface area contributed by atoms with Crippen molar-refractivity contribution in [1.82, 2.24) is 10.2 Å². The lowest BCUT2D eigenvalue weighted by Gasteiger charge is -2.24. The van der Waals surface area contributed by atoms with Gasteiger partial charge in [0.2, 0.25) is 17.7 Å². The van der Waals surface area contributed by atoms with Gasteiger partial charge in [0.15, 0.2) is 0 Å². The van der Waals surface area contributed by atoms with Gasteiger partial charge in [0, 0.05) is 11.1 Å². The maximum Gasteiger partial charge on any atom is 0.247 e. The predicted molar refractivity (Wildman–Crippen MR) is 75.0 cm³/mol. The molecule has 0 unspecified atom stereocenters. The maximum absolute atomic E-state index is 11.9. The Bertz CT molecular complexity index is 594. The van der Waals surface area contributed by atoms with Crippen molar-refractivity contribution in [3.8, 4) is 0 Å². The zero-order chi connectivity index (χ0) is 14.7. The largest absolute Gasteiger partial charge is 0.321 e. The van der Waals surface area contributed by atoms with Crippen LogP contribution in [0.15, 0.2) is 24.3 Å². The van der Waals surface area contributed by atoms with E-state index in [1.54, 1.807) is 12.1 Å². The number of nitrogens with zero attached hydrogens (tertiary/aromatic N) is 1. The maximum atomic E-state index is 11.9. The summed E-state index contributed by atoms with van der Waals surface area (Å²) in [4.78, 5) is 35.4. The number of rotatable bonds is 2. The minimum atomic E-state index is -0.471. The van der Waals surface area contributed by atoms with Crippen LogP contribution in [0, 0.1) is 6.92 Å². The summed E-state index contributed by atoms with van der Waals surface area (Å²) < 4.78 is 0. The van der Waals surface area contributed by atoms with Crippen LogP contribution in [0.2, 0.25) is 5.02 Å². The lowest BCUT2D eigenvalue weighted by Crippen LogP contribution is -2.52. The van der Waals surface area contributed by atoms with E-state index in [4.69, 9.17) is 11.6 Å². The molecule has 3 amide bonds. The molecule has 0 aromatic heterocycles. The van der Waals surface area contributed by atoms with E-state index in [0.29, 0.717) is 5.02 Å². The molecule has 6 heteroatoms. The number of benzene rings is 1. The van der Waals surface area contributed by atoms with E-state index in [9.17, 15) is 14.4 Å². The Kier molecular flexibility index (Phi) is 4.20. The van der Waals surface area contributed by atoms with E-state index in [1.165, 1.54) is 11.0 Å². The van der Waals surface area contributed by atoms with Gasteiger partial charge in [0.1, 0.15) is 13.1 Å². The van der Waals surface area contributed by atoms with Crippen LogP contribution >= 0.6 is 11.6 Å². The van der Waals surface area contributed by atoms with Gasteiger partial charge in [0.05, 0.1) is 0 Å². The van der Waals surface area contributed by atoms with Crippen molar-refractivity contribution >= 4 is 35.4 Å². The fourth-order valence-corrected chi connectivity index (χ4v) is 1.97. The van der Waals surface area contributed by atoms with E-state index in [2.05, 4.69) is 5.32 Å². The van der Waals surface area contributed by atoms with Crippen LogP contribution in [0.3, 0.4) is 0 Å². The molecule has 0 bridgehead atoms. The Morgan fingerprint density at radius 2 is 1.95 bits per heavy atom. The van der Waals surface area contributed by atoms with Crippen LogP contribution in [0.25, 0.3) is 6.08 Å². The van der Waals surface area contributed by atoms with Crippen molar-refractivity contribution in [2.75, 3.05) is 13.1 Å². The van der Waals surface area contributed by atoms with E-state index < -0.39 is 11.8 Å². The number of piperazine rings is 1. The van der Waals surface area contributed by atoms with Gasteiger partial charge < -0.3 is 4.90 Å².